The van der Waals surface area contributed by atoms with Crippen molar-refractivity contribution < 1.29 is 18.1 Å². The first-order chi connectivity index (χ1) is 12.8. The molecule has 0 atom stereocenters. The summed E-state index contributed by atoms with van der Waals surface area (Å²) in [7, 11) is -3.16. The van der Waals surface area contributed by atoms with E-state index in [0.29, 0.717) is 19.8 Å². The van der Waals surface area contributed by atoms with E-state index in [0.717, 1.165) is 12.8 Å². The second-order valence-electron chi connectivity index (χ2n) is 7.60. The molecule has 0 N–H and O–H groups in total. The topological polar surface area (TPSA) is 44.8 Å². The van der Waals surface area contributed by atoms with E-state index in [9.17, 15) is 4.57 Å². The maximum absolute atomic E-state index is 11.7. The van der Waals surface area contributed by atoms with Crippen LogP contribution in [0.2, 0.25) is 0 Å². The minimum absolute atomic E-state index is 0.385. The van der Waals surface area contributed by atoms with Crippen LogP contribution < -0.4 is 0 Å². The standard InChI is InChI=1S/C21H43O4P/c1-2-3-4-5-6-7-8-9-10-11-12-13-14-15-16-17-18-19-23-26(22)24-20-21-25-26/h2-21H2,1H3. The van der Waals surface area contributed by atoms with Crippen LogP contribution in [0, 0.1) is 0 Å². The molecular weight excluding hydrogens is 347 g/mol. The van der Waals surface area contributed by atoms with E-state index in [-0.39, 0.29) is 0 Å². The summed E-state index contributed by atoms with van der Waals surface area (Å²) in [4.78, 5) is 0. The van der Waals surface area contributed by atoms with Gasteiger partial charge in [0, 0.05) is 0 Å². The lowest BCUT2D eigenvalue weighted by Gasteiger charge is -2.09. The van der Waals surface area contributed by atoms with Crippen molar-refractivity contribution in [3.63, 3.8) is 0 Å². The molecule has 5 heteroatoms. The molecule has 0 amide bonds. The zero-order chi connectivity index (χ0) is 18.8. The van der Waals surface area contributed by atoms with Crippen LogP contribution >= 0.6 is 7.82 Å². The Balaban J connectivity index is 1.68. The molecular formula is C21H43O4P. The molecule has 0 spiro atoms. The highest BCUT2D eigenvalue weighted by atomic mass is 31.2. The van der Waals surface area contributed by atoms with E-state index in [2.05, 4.69) is 6.92 Å². The predicted octanol–water partition coefficient (Wildman–Crippen LogP) is 7.81. The fraction of sp³-hybridized carbons (Fsp3) is 1.00. The molecule has 0 radical (unpaired) electrons. The van der Waals surface area contributed by atoms with Crippen molar-refractivity contribution in [3.05, 3.63) is 0 Å². The highest BCUT2D eigenvalue weighted by Crippen LogP contribution is 2.52. The van der Waals surface area contributed by atoms with Gasteiger partial charge in [-0.05, 0) is 6.42 Å². The van der Waals surface area contributed by atoms with E-state index >= 15 is 0 Å². The molecule has 0 aromatic heterocycles. The largest absolute Gasteiger partial charge is 0.474 e. The van der Waals surface area contributed by atoms with Crippen molar-refractivity contribution in [2.24, 2.45) is 0 Å². The Bertz CT molecular complexity index is 339. The highest BCUT2D eigenvalue weighted by Gasteiger charge is 2.31. The highest BCUT2D eigenvalue weighted by molar-refractivity contribution is 7.48. The summed E-state index contributed by atoms with van der Waals surface area (Å²) < 4.78 is 26.9. The zero-order valence-corrected chi connectivity index (χ0v) is 18.1. The molecule has 1 aliphatic heterocycles. The van der Waals surface area contributed by atoms with Crippen molar-refractivity contribution >= 4 is 7.82 Å². The Hall–Kier alpha value is 0.110. The maximum atomic E-state index is 11.7. The molecule has 0 unspecified atom stereocenters. The number of rotatable bonds is 19. The number of phosphoric ester groups is 1. The molecule has 0 aliphatic carbocycles. The van der Waals surface area contributed by atoms with Crippen LogP contribution in [0.1, 0.15) is 116 Å². The molecule has 0 aromatic rings. The van der Waals surface area contributed by atoms with E-state index in [1.165, 1.54) is 96.3 Å². The molecule has 4 nitrogen and oxygen atoms in total. The predicted molar refractivity (Wildman–Crippen MR) is 110 cm³/mol. The summed E-state index contributed by atoms with van der Waals surface area (Å²) in [5.41, 5.74) is 0. The van der Waals surface area contributed by atoms with Gasteiger partial charge in [-0.2, -0.15) is 0 Å². The van der Waals surface area contributed by atoms with Gasteiger partial charge in [0.1, 0.15) is 0 Å². The van der Waals surface area contributed by atoms with Gasteiger partial charge in [0.25, 0.3) is 0 Å². The number of hydrogen-bond acceptors (Lipinski definition) is 4. The number of unbranched alkanes of at least 4 members (excludes halogenated alkanes) is 16. The van der Waals surface area contributed by atoms with Crippen molar-refractivity contribution in [2.45, 2.75) is 116 Å². The number of hydrogen-bond donors (Lipinski definition) is 0. The van der Waals surface area contributed by atoms with Crippen LogP contribution in [-0.4, -0.2) is 19.8 Å². The molecule has 156 valence electrons. The first-order valence-corrected chi connectivity index (χ1v) is 12.8. The second kappa shape index (κ2) is 17.2. The van der Waals surface area contributed by atoms with Crippen molar-refractivity contribution in [2.75, 3.05) is 19.8 Å². The third-order valence-corrected chi connectivity index (χ3v) is 6.58. The van der Waals surface area contributed by atoms with Gasteiger partial charge in [0.15, 0.2) is 0 Å². The maximum Gasteiger partial charge on any atom is 0.474 e. The first kappa shape index (κ1) is 24.1. The Morgan fingerprint density at radius 3 is 1.35 bits per heavy atom. The normalized spacial score (nSPS) is 16.3. The Morgan fingerprint density at radius 2 is 0.962 bits per heavy atom. The Morgan fingerprint density at radius 1 is 0.615 bits per heavy atom. The minimum atomic E-state index is -3.16. The first-order valence-electron chi connectivity index (χ1n) is 11.3. The van der Waals surface area contributed by atoms with Crippen LogP contribution in [-0.2, 0) is 18.1 Å². The van der Waals surface area contributed by atoms with E-state index in [1.54, 1.807) is 0 Å². The summed E-state index contributed by atoms with van der Waals surface area (Å²) >= 11 is 0. The van der Waals surface area contributed by atoms with E-state index < -0.39 is 7.82 Å². The van der Waals surface area contributed by atoms with Gasteiger partial charge >= 0.3 is 7.82 Å². The minimum Gasteiger partial charge on any atom is -0.287 e. The average Bonchev–Trinajstić information content (AvgIpc) is 3.07. The fourth-order valence-corrected chi connectivity index (χ4v) is 4.59. The molecule has 1 aliphatic rings. The van der Waals surface area contributed by atoms with Crippen molar-refractivity contribution in [3.8, 4) is 0 Å². The van der Waals surface area contributed by atoms with Crippen LogP contribution in [0.25, 0.3) is 0 Å². The smallest absolute Gasteiger partial charge is 0.287 e. The molecule has 0 aromatic carbocycles. The SMILES string of the molecule is CCCCCCCCCCCCCCCCCCCOP1(=O)OCCO1. The monoisotopic (exact) mass is 390 g/mol. The van der Waals surface area contributed by atoms with Gasteiger partial charge in [-0.1, -0.05) is 110 Å². The van der Waals surface area contributed by atoms with Crippen molar-refractivity contribution in [1.29, 1.82) is 0 Å². The van der Waals surface area contributed by atoms with Gasteiger partial charge in [0.2, 0.25) is 0 Å². The van der Waals surface area contributed by atoms with E-state index in [4.69, 9.17) is 13.6 Å². The fourth-order valence-electron chi connectivity index (χ4n) is 3.41. The third kappa shape index (κ3) is 14.2. The van der Waals surface area contributed by atoms with Crippen molar-refractivity contribution in [1.82, 2.24) is 0 Å². The summed E-state index contributed by atoms with van der Waals surface area (Å²) in [5, 5.41) is 0. The molecule has 0 bridgehead atoms. The summed E-state index contributed by atoms with van der Waals surface area (Å²) in [6.07, 6.45) is 23.0. The molecule has 1 fully saturated rings. The van der Waals surface area contributed by atoms with Crippen LogP contribution in [0.4, 0.5) is 0 Å². The second-order valence-corrected chi connectivity index (χ2v) is 9.27. The summed E-state index contributed by atoms with van der Waals surface area (Å²) in [6, 6.07) is 0. The zero-order valence-electron chi connectivity index (χ0n) is 17.2. The molecule has 26 heavy (non-hydrogen) atoms. The van der Waals surface area contributed by atoms with Gasteiger partial charge in [-0.25, -0.2) is 4.57 Å². The Labute approximate surface area is 162 Å². The van der Waals surface area contributed by atoms with Gasteiger partial charge < -0.3 is 0 Å². The van der Waals surface area contributed by atoms with Crippen LogP contribution in [0.3, 0.4) is 0 Å². The lowest BCUT2D eigenvalue weighted by molar-refractivity contribution is 0.187. The number of phosphoric acid groups is 1. The third-order valence-electron chi connectivity index (χ3n) is 5.08. The molecule has 1 heterocycles. The van der Waals surface area contributed by atoms with Crippen LogP contribution in [0.5, 0.6) is 0 Å². The van der Waals surface area contributed by atoms with Gasteiger partial charge in [0.05, 0.1) is 19.8 Å². The summed E-state index contributed by atoms with van der Waals surface area (Å²) in [6.45, 7) is 3.53. The quantitative estimate of drug-likeness (QED) is 0.167. The van der Waals surface area contributed by atoms with E-state index in [1.807, 2.05) is 0 Å². The average molecular weight is 391 g/mol. The molecule has 0 saturated carbocycles. The van der Waals surface area contributed by atoms with Crippen LogP contribution in [0.15, 0.2) is 0 Å². The van der Waals surface area contributed by atoms with Gasteiger partial charge in [-0.15, -0.1) is 0 Å². The summed E-state index contributed by atoms with van der Waals surface area (Å²) in [5.74, 6) is 0. The Kier molecular flexibility index (Phi) is 16.0. The van der Waals surface area contributed by atoms with Gasteiger partial charge in [-0.3, -0.25) is 13.6 Å². The molecule has 1 saturated heterocycles. The molecule has 1 rings (SSSR count). The lowest BCUT2D eigenvalue weighted by atomic mass is 10.0. The lowest BCUT2D eigenvalue weighted by Crippen LogP contribution is -1.93.